The van der Waals surface area contributed by atoms with Gasteiger partial charge in [-0.1, -0.05) is 36.7 Å². The zero-order chi connectivity index (χ0) is 15.4. The molecule has 0 aliphatic carbocycles. The van der Waals surface area contributed by atoms with Gasteiger partial charge in [0.15, 0.2) is 11.6 Å². The van der Waals surface area contributed by atoms with Crippen molar-refractivity contribution in [3.8, 4) is 0 Å². The lowest BCUT2D eigenvalue weighted by Gasteiger charge is -2.19. The molecule has 0 saturated heterocycles. The third-order valence-corrected chi connectivity index (χ3v) is 3.54. The number of benzene rings is 2. The zero-order valence-corrected chi connectivity index (χ0v) is 12.2. The standard InChI is InChI=1S/C16H15ClF3N/c1-2-21-15(10-6-7-13(18)12(17)8-10)9-11-4-3-5-14(19)16(11)20/h3-8,15,21H,2,9H2,1H3. The van der Waals surface area contributed by atoms with Gasteiger partial charge < -0.3 is 5.32 Å². The minimum absolute atomic E-state index is 0.00937. The first-order valence-corrected chi connectivity index (χ1v) is 7.02. The third-order valence-electron chi connectivity index (χ3n) is 3.25. The van der Waals surface area contributed by atoms with Gasteiger partial charge in [-0.2, -0.15) is 0 Å². The Balaban J connectivity index is 2.30. The molecule has 21 heavy (non-hydrogen) atoms. The summed E-state index contributed by atoms with van der Waals surface area (Å²) in [7, 11) is 0. The van der Waals surface area contributed by atoms with E-state index in [2.05, 4.69) is 5.32 Å². The average Bonchev–Trinajstić information content (AvgIpc) is 2.46. The smallest absolute Gasteiger partial charge is 0.162 e. The fourth-order valence-electron chi connectivity index (χ4n) is 2.21. The Morgan fingerprint density at radius 1 is 1.10 bits per heavy atom. The van der Waals surface area contributed by atoms with Gasteiger partial charge in [0, 0.05) is 6.04 Å². The lowest BCUT2D eigenvalue weighted by molar-refractivity contribution is 0.481. The summed E-state index contributed by atoms with van der Waals surface area (Å²) in [6, 6.07) is 8.17. The van der Waals surface area contributed by atoms with Gasteiger partial charge >= 0.3 is 0 Å². The number of halogens is 4. The van der Waals surface area contributed by atoms with Crippen LogP contribution in [0.1, 0.15) is 24.1 Å². The van der Waals surface area contributed by atoms with Crippen LogP contribution >= 0.6 is 11.6 Å². The Morgan fingerprint density at radius 3 is 2.52 bits per heavy atom. The fourth-order valence-corrected chi connectivity index (χ4v) is 2.40. The van der Waals surface area contributed by atoms with Gasteiger partial charge in [-0.3, -0.25) is 0 Å². The first kappa shape index (κ1) is 15.9. The largest absolute Gasteiger partial charge is 0.310 e. The van der Waals surface area contributed by atoms with Crippen LogP contribution in [0.5, 0.6) is 0 Å². The average molecular weight is 314 g/mol. The second-order valence-electron chi connectivity index (χ2n) is 4.70. The van der Waals surface area contributed by atoms with Gasteiger partial charge in [-0.15, -0.1) is 0 Å². The van der Waals surface area contributed by atoms with Crippen molar-refractivity contribution in [3.63, 3.8) is 0 Å². The van der Waals surface area contributed by atoms with Crippen molar-refractivity contribution < 1.29 is 13.2 Å². The number of nitrogens with one attached hydrogen (secondary N) is 1. The molecule has 2 rings (SSSR count). The van der Waals surface area contributed by atoms with Gasteiger partial charge in [0.05, 0.1) is 5.02 Å². The summed E-state index contributed by atoms with van der Waals surface area (Å²) in [5.74, 6) is -2.24. The van der Waals surface area contributed by atoms with Gasteiger partial charge in [0.2, 0.25) is 0 Å². The SMILES string of the molecule is CCNC(Cc1cccc(F)c1F)c1ccc(F)c(Cl)c1. The van der Waals surface area contributed by atoms with Gasteiger partial charge in [0.1, 0.15) is 5.82 Å². The molecule has 1 atom stereocenters. The van der Waals surface area contributed by atoms with Crippen LogP contribution in [0.4, 0.5) is 13.2 Å². The van der Waals surface area contributed by atoms with Crippen LogP contribution < -0.4 is 5.32 Å². The molecule has 1 nitrogen and oxygen atoms in total. The van der Waals surface area contributed by atoms with Crippen LogP contribution in [0.25, 0.3) is 0 Å². The summed E-state index contributed by atoms with van der Waals surface area (Å²) < 4.78 is 40.3. The molecule has 1 unspecified atom stereocenters. The lowest BCUT2D eigenvalue weighted by atomic mass is 9.98. The molecule has 1 N–H and O–H groups in total. The van der Waals surface area contributed by atoms with Crippen LogP contribution in [-0.4, -0.2) is 6.54 Å². The van der Waals surface area contributed by atoms with E-state index in [-0.39, 0.29) is 23.0 Å². The van der Waals surface area contributed by atoms with Crippen molar-refractivity contribution in [1.29, 1.82) is 0 Å². The minimum Gasteiger partial charge on any atom is -0.310 e. The van der Waals surface area contributed by atoms with Crippen molar-refractivity contribution in [3.05, 3.63) is 70.0 Å². The van der Waals surface area contributed by atoms with Gasteiger partial charge in [-0.05, 0) is 42.3 Å². The second-order valence-corrected chi connectivity index (χ2v) is 5.11. The summed E-state index contributed by atoms with van der Waals surface area (Å²) in [4.78, 5) is 0. The highest BCUT2D eigenvalue weighted by atomic mass is 35.5. The zero-order valence-electron chi connectivity index (χ0n) is 11.5. The Bertz CT molecular complexity index is 631. The molecular formula is C16H15ClF3N. The van der Waals surface area contributed by atoms with Crippen molar-refractivity contribution in [2.75, 3.05) is 6.54 Å². The third kappa shape index (κ3) is 3.77. The highest BCUT2D eigenvalue weighted by Gasteiger charge is 2.16. The van der Waals surface area contributed by atoms with Crippen LogP contribution in [0.2, 0.25) is 5.02 Å². The van der Waals surface area contributed by atoms with Gasteiger partial charge in [-0.25, -0.2) is 13.2 Å². The summed E-state index contributed by atoms with van der Waals surface area (Å²) >= 11 is 5.78. The van der Waals surface area contributed by atoms with Crippen LogP contribution in [-0.2, 0) is 6.42 Å². The number of likely N-dealkylation sites (N-methyl/N-ethyl adjacent to an activating group) is 1. The number of hydrogen-bond donors (Lipinski definition) is 1. The van der Waals surface area contributed by atoms with Gasteiger partial charge in [0.25, 0.3) is 0 Å². The molecule has 0 spiro atoms. The molecule has 0 heterocycles. The molecular weight excluding hydrogens is 299 g/mol. The number of hydrogen-bond acceptors (Lipinski definition) is 1. The summed E-state index contributed by atoms with van der Waals surface area (Å²) in [6.45, 7) is 2.54. The Morgan fingerprint density at radius 2 is 1.86 bits per heavy atom. The number of rotatable bonds is 5. The van der Waals surface area contributed by atoms with Crippen molar-refractivity contribution in [1.82, 2.24) is 5.32 Å². The molecule has 0 radical (unpaired) electrons. The van der Waals surface area contributed by atoms with Crippen LogP contribution in [0, 0.1) is 17.5 Å². The maximum Gasteiger partial charge on any atom is 0.162 e. The maximum atomic E-state index is 13.8. The van der Waals surface area contributed by atoms with Crippen molar-refractivity contribution in [2.24, 2.45) is 0 Å². The van der Waals surface area contributed by atoms with E-state index in [1.165, 1.54) is 24.3 Å². The van der Waals surface area contributed by atoms with E-state index < -0.39 is 17.5 Å². The molecule has 2 aromatic carbocycles. The lowest BCUT2D eigenvalue weighted by Crippen LogP contribution is -2.23. The van der Waals surface area contributed by atoms with Crippen molar-refractivity contribution >= 4 is 11.6 Å². The monoisotopic (exact) mass is 313 g/mol. The Labute approximate surface area is 126 Å². The predicted octanol–water partition coefficient (Wildman–Crippen LogP) is 4.65. The summed E-state index contributed by atoms with van der Waals surface area (Å²) in [5.41, 5.74) is 0.994. The summed E-state index contributed by atoms with van der Waals surface area (Å²) in [5, 5.41) is 3.18. The predicted molar refractivity (Wildman–Crippen MR) is 77.9 cm³/mol. The highest BCUT2D eigenvalue weighted by Crippen LogP contribution is 2.25. The van der Waals surface area contributed by atoms with E-state index in [4.69, 9.17) is 11.6 Å². The maximum absolute atomic E-state index is 13.8. The molecule has 0 fully saturated rings. The topological polar surface area (TPSA) is 12.0 Å². The van der Waals surface area contributed by atoms with Crippen LogP contribution in [0.3, 0.4) is 0 Å². The first-order valence-electron chi connectivity index (χ1n) is 6.64. The molecule has 0 aromatic heterocycles. The van der Waals surface area contributed by atoms with Crippen molar-refractivity contribution in [2.45, 2.75) is 19.4 Å². The second kappa shape index (κ2) is 6.96. The normalized spacial score (nSPS) is 12.4. The van der Waals surface area contributed by atoms with E-state index in [1.54, 1.807) is 6.07 Å². The molecule has 112 valence electrons. The quantitative estimate of drug-likeness (QED) is 0.847. The molecule has 0 amide bonds. The van der Waals surface area contributed by atoms with E-state index in [1.807, 2.05) is 6.92 Å². The minimum atomic E-state index is -0.875. The van der Waals surface area contributed by atoms with Crippen LogP contribution in [0.15, 0.2) is 36.4 Å². The Kier molecular flexibility index (Phi) is 5.26. The first-order chi connectivity index (χ1) is 10.0. The molecule has 0 aliphatic heterocycles. The fraction of sp³-hybridized carbons (Fsp3) is 0.250. The van der Waals surface area contributed by atoms with E-state index in [0.717, 1.165) is 11.6 Å². The van der Waals surface area contributed by atoms with E-state index in [9.17, 15) is 13.2 Å². The summed E-state index contributed by atoms with van der Waals surface area (Å²) in [6.07, 6.45) is 0.249. The highest BCUT2D eigenvalue weighted by molar-refractivity contribution is 6.30. The van der Waals surface area contributed by atoms with E-state index >= 15 is 0 Å². The molecule has 5 heteroatoms. The molecule has 0 bridgehead atoms. The Hall–Kier alpha value is -1.52. The molecule has 0 saturated carbocycles. The van der Waals surface area contributed by atoms with E-state index in [0.29, 0.717) is 6.54 Å². The molecule has 0 aliphatic rings. The molecule has 2 aromatic rings.